The minimum Gasteiger partial charge on any atom is -0.367 e. The SMILES string of the molecule is CCCNCc1ccnc(COCC(F)(F)C(F)F)n1. The molecule has 0 aliphatic carbocycles. The molecule has 20 heavy (non-hydrogen) atoms. The van der Waals surface area contributed by atoms with Crippen molar-refractivity contribution in [3.05, 3.63) is 23.8 Å². The van der Waals surface area contributed by atoms with Crippen molar-refractivity contribution in [1.82, 2.24) is 15.3 Å². The van der Waals surface area contributed by atoms with E-state index in [1.54, 1.807) is 6.07 Å². The van der Waals surface area contributed by atoms with Gasteiger partial charge in [0.15, 0.2) is 5.82 Å². The van der Waals surface area contributed by atoms with E-state index in [0.29, 0.717) is 12.2 Å². The molecule has 0 bridgehead atoms. The Hall–Kier alpha value is -1.28. The van der Waals surface area contributed by atoms with Gasteiger partial charge in [-0.15, -0.1) is 0 Å². The molecule has 0 saturated heterocycles. The second kappa shape index (κ2) is 8.11. The summed E-state index contributed by atoms with van der Waals surface area (Å²) in [6.45, 7) is 1.69. The first-order valence-corrected chi connectivity index (χ1v) is 6.21. The molecule has 4 nitrogen and oxygen atoms in total. The number of rotatable bonds is 9. The Morgan fingerprint density at radius 2 is 2.15 bits per heavy atom. The number of nitrogens with zero attached hydrogens (tertiary/aromatic N) is 2. The molecule has 0 aromatic carbocycles. The Morgan fingerprint density at radius 1 is 1.40 bits per heavy atom. The first kappa shape index (κ1) is 16.8. The highest BCUT2D eigenvalue weighted by molar-refractivity contribution is 5.01. The maximum absolute atomic E-state index is 12.6. The predicted molar refractivity (Wildman–Crippen MR) is 64.6 cm³/mol. The van der Waals surface area contributed by atoms with E-state index >= 15 is 0 Å². The summed E-state index contributed by atoms with van der Waals surface area (Å²) in [5.74, 6) is -3.97. The van der Waals surface area contributed by atoms with Gasteiger partial charge in [-0.05, 0) is 19.0 Å². The Bertz CT molecular complexity index is 404. The second-order valence-electron chi connectivity index (χ2n) is 4.20. The fourth-order valence-corrected chi connectivity index (χ4v) is 1.34. The fraction of sp³-hybridized carbons (Fsp3) is 0.667. The van der Waals surface area contributed by atoms with Crippen LogP contribution < -0.4 is 5.32 Å². The lowest BCUT2D eigenvalue weighted by molar-refractivity contribution is -0.168. The molecule has 8 heteroatoms. The monoisotopic (exact) mass is 295 g/mol. The minimum atomic E-state index is -4.15. The van der Waals surface area contributed by atoms with Gasteiger partial charge in [-0.1, -0.05) is 6.92 Å². The molecule has 1 heterocycles. The van der Waals surface area contributed by atoms with Gasteiger partial charge in [-0.3, -0.25) is 0 Å². The Labute approximate surface area is 114 Å². The lowest BCUT2D eigenvalue weighted by Gasteiger charge is -2.14. The van der Waals surface area contributed by atoms with Gasteiger partial charge in [0.1, 0.15) is 13.2 Å². The smallest absolute Gasteiger partial charge is 0.330 e. The van der Waals surface area contributed by atoms with Crippen LogP contribution in [0.1, 0.15) is 24.9 Å². The van der Waals surface area contributed by atoms with E-state index in [-0.39, 0.29) is 12.4 Å². The maximum Gasteiger partial charge on any atom is 0.330 e. The molecule has 0 amide bonds. The van der Waals surface area contributed by atoms with E-state index < -0.39 is 19.0 Å². The van der Waals surface area contributed by atoms with Gasteiger partial charge >= 0.3 is 12.3 Å². The molecule has 0 atom stereocenters. The van der Waals surface area contributed by atoms with Crippen molar-refractivity contribution in [2.24, 2.45) is 0 Å². The highest BCUT2D eigenvalue weighted by Gasteiger charge is 2.40. The predicted octanol–water partition coefficient (Wildman–Crippen LogP) is 2.39. The zero-order chi connectivity index (χ0) is 15.0. The Kier molecular flexibility index (Phi) is 6.80. The average Bonchev–Trinajstić information content (AvgIpc) is 2.39. The van der Waals surface area contributed by atoms with Crippen molar-refractivity contribution in [2.45, 2.75) is 38.8 Å². The number of alkyl halides is 4. The van der Waals surface area contributed by atoms with Crippen LogP contribution in [0.4, 0.5) is 17.6 Å². The quantitative estimate of drug-likeness (QED) is 0.561. The van der Waals surface area contributed by atoms with Crippen molar-refractivity contribution in [3.8, 4) is 0 Å². The van der Waals surface area contributed by atoms with Crippen LogP contribution in [0.3, 0.4) is 0 Å². The summed E-state index contributed by atoms with van der Waals surface area (Å²) in [6, 6.07) is 1.68. The summed E-state index contributed by atoms with van der Waals surface area (Å²) < 4.78 is 53.6. The van der Waals surface area contributed by atoms with E-state index in [9.17, 15) is 17.6 Å². The summed E-state index contributed by atoms with van der Waals surface area (Å²) >= 11 is 0. The van der Waals surface area contributed by atoms with Crippen LogP contribution in [0.5, 0.6) is 0 Å². The van der Waals surface area contributed by atoms with Crippen LogP contribution >= 0.6 is 0 Å². The van der Waals surface area contributed by atoms with E-state index in [1.165, 1.54) is 6.20 Å². The summed E-state index contributed by atoms with van der Waals surface area (Å²) in [5, 5.41) is 3.12. The second-order valence-corrected chi connectivity index (χ2v) is 4.20. The molecule has 1 N–H and O–H groups in total. The van der Waals surface area contributed by atoms with E-state index in [1.807, 2.05) is 6.92 Å². The van der Waals surface area contributed by atoms with Crippen LogP contribution in [-0.2, 0) is 17.9 Å². The average molecular weight is 295 g/mol. The molecular weight excluding hydrogens is 278 g/mol. The van der Waals surface area contributed by atoms with Crippen LogP contribution in [-0.4, -0.2) is 35.5 Å². The largest absolute Gasteiger partial charge is 0.367 e. The van der Waals surface area contributed by atoms with E-state index in [2.05, 4.69) is 20.0 Å². The van der Waals surface area contributed by atoms with Gasteiger partial charge in [0.25, 0.3) is 0 Å². The van der Waals surface area contributed by atoms with Crippen LogP contribution in [0, 0.1) is 0 Å². The normalized spacial score (nSPS) is 12.1. The fourth-order valence-electron chi connectivity index (χ4n) is 1.34. The summed E-state index contributed by atoms with van der Waals surface area (Å²) in [4.78, 5) is 7.91. The molecule has 1 aromatic rings. The highest BCUT2D eigenvalue weighted by atomic mass is 19.3. The van der Waals surface area contributed by atoms with E-state index in [0.717, 1.165) is 13.0 Å². The van der Waals surface area contributed by atoms with E-state index in [4.69, 9.17) is 0 Å². The zero-order valence-corrected chi connectivity index (χ0v) is 11.1. The van der Waals surface area contributed by atoms with Crippen molar-refractivity contribution in [3.63, 3.8) is 0 Å². The van der Waals surface area contributed by atoms with Gasteiger partial charge < -0.3 is 10.1 Å². The first-order valence-electron chi connectivity index (χ1n) is 6.21. The number of nitrogens with one attached hydrogen (secondary N) is 1. The lowest BCUT2D eigenvalue weighted by atomic mass is 10.3. The molecule has 0 saturated carbocycles. The Balaban J connectivity index is 2.42. The zero-order valence-electron chi connectivity index (χ0n) is 11.1. The lowest BCUT2D eigenvalue weighted by Crippen LogP contribution is -2.32. The molecule has 0 spiro atoms. The van der Waals surface area contributed by atoms with Gasteiger partial charge in [0, 0.05) is 12.7 Å². The molecule has 1 rings (SSSR count). The third-order valence-corrected chi connectivity index (χ3v) is 2.34. The molecule has 0 radical (unpaired) electrons. The maximum atomic E-state index is 12.6. The van der Waals surface area contributed by atoms with Crippen molar-refractivity contribution < 1.29 is 22.3 Å². The van der Waals surface area contributed by atoms with Crippen molar-refractivity contribution >= 4 is 0 Å². The third-order valence-electron chi connectivity index (χ3n) is 2.34. The summed E-state index contributed by atoms with van der Waals surface area (Å²) in [6.07, 6.45) is -1.29. The van der Waals surface area contributed by atoms with Crippen molar-refractivity contribution in [1.29, 1.82) is 0 Å². The van der Waals surface area contributed by atoms with Crippen LogP contribution in [0.2, 0.25) is 0 Å². The standard InChI is InChI=1S/C12H17F4N3O/c1-2-4-17-6-9-3-5-18-10(19-9)7-20-8-12(15,16)11(13)14/h3,5,11,17H,2,4,6-8H2,1H3. The minimum absolute atomic E-state index is 0.186. The molecule has 1 aromatic heterocycles. The van der Waals surface area contributed by atoms with Crippen LogP contribution in [0.25, 0.3) is 0 Å². The van der Waals surface area contributed by atoms with Crippen molar-refractivity contribution in [2.75, 3.05) is 13.2 Å². The molecule has 114 valence electrons. The summed E-state index contributed by atoms with van der Waals surface area (Å²) in [7, 11) is 0. The Morgan fingerprint density at radius 3 is 2.80 bits per heavy atom. The summed E-state index contributed by atoms with van der Waals surface area (Å²) in [5.41, 5.74) is 0.688. The topological polar surface area (TPSA) is 47.0 Å². The number of halogens is 4. The molecule has 0 fully saturated rings. The number of hydrogen-bond acceptors (Lipinski definition) is 4. The highest BCUT2D eigenvalue weighted by Crippen LogP contribution is 2.23. The molecule has 0 unspecified atom stereocenters. The number of aromatic nitrogens is 2. The third kappa shape index (κ3) is 5.79. The van der Waals surface area contributed by atoms with Gasteiger partial charge in [-0.2, -0.15) is 8.78 Å². The first-order chi connectivity index (χ1) is 9.45. The van der Waals surface area contributed by atoms with Crippen LogP contribution in [0.15, 0.2) is 12.3 Å². The van der Waals surface area contributed by atoms with Gasteiger partial charge in [-0.25, -0.2) is 18.7 Å². The molecular formula is C12H17F4N3O. The molecule has 0 aliphatic rings. The molecule has 0 aliphatic heterocycles. The number of ether oxygens (including phenoxy) is 1. The van der Waals surface area contributed by atoms with Gasteiger partial charge in [0.05, 0.1) is 5.69 Å². The number of hydrogen-bond donors (Lipinski definition) is 1. The van der Waals surface area contributed by atoms with Gasteiger partial charge in [0.2, 0.25) is 0 Å².